The molecule has 1 aliphatic heterocycles. The molecule has 6 N–H and O–H groups in total. The third kappa shape index (κ3) is 3.89. The lowest BCUT2D eigenvalue weighted by atomic mass is 9.61. The van der Waals surface area contributed by atoms with E-state index in [0.717, 1.165) is 11.1 Å². The van der Waals surface area contributed by atoms with Crippen LogP contribution >= 0.6 is 0 Å². The van der Waals surface area contributed by atoms with E-state index >= 15 is 0 Å². The van der Waals surface area contributed by atoms with Crippen molar-refractivity contribution in [3.05, 3.63) is 64.0 Å². The van der Waals surface area contributed by atoms with Gasteiger partial charge in [-0.2, -0.15) is 0 Å². The van der Waals surface area contributed by atoms with E-state index in [2.05, 4.69) is 11.9 Å². The number of ketones is 2. The maximum Gasteiger partial charge on any atom is 0.255 e. The zero-order valence-corrected chi connectivity index (χ0v) is 19.9. The molecule has 1 aromatic rings. The quantitative estimate of drug-likeness (QED) is 0.303. The molecule has 186 valence electrons. The van der Waals surface area contributed by atoms with Crippen molar-refractivity contribution >= 4 is 17.5 Å². The molecule has 1 amide bonds. The topological polar surface area (TPSA) is 153 Å². The van der Waals surface area contributed by atoms with E-state index in [1.807, 2.05) is 24.0 Å². The van der Waals surface area contributed by atoms with Crippen LogP contribution < -0.4 is 11.1 Å². The SMILES string of the molecule is C=C(C)/C=C/Cc1cc2c(c(O)c1C)C(=O)[C@]1(O)C(O)=C(C(N)=O)C(=O)C(N3CCNCC3)[C@@H]1C2. The van der Waals surface area contributed by atoms with Gasteiger partial charge in [-0.1, -0.05) is 30.4 Å². The molecule has 1 saturated heterocycles. The highest BCUT2D eigenvalue weighted by Crippen LogP contribution is 2.48. The van der Waals surface area contributed by atoms with Gasteiger partial charge in [0.05, 0.1) is 11.6 Å². The van der Waals surface area contributed by atoms with Gasteiger partial charge in [0.1, 0.15) is 17.1 Å². The minimum Gasteiger partial charge on any atom is -0.508 e. The Labute approximate surface area is 203 Å². The molecule has 4 rings (SSSR count). The second-order valence-electron chi connectivity index (χ2n) is 9.59. The molecule has 35 heavy (non-hydrogen) atoms. The summed E-state index contributed by atoms with van der Waals surface area (Å²) in [5.74, 6) is -5.24. The molecule has 1 unspecified atom stereocenters. The standard InChI is InChI=1S/C26H31N3O6/c1-13(2)5-4-6-15-11-16-12-17-20(29-9-7-28-8-10-29)22(31)19(25(27)34)24(33)26(17,35)23(32)18(16)21(30)14(15)3/h4-5,11,17,20,28,30,33,35H,1,6-10,12H2,2-3H3,(H2,27,34)/b5-4+/t17-,20?,26-/m0/s1. The van der Waals surface area contributed by atoms with Gasteiger partial charge >= 0.3 is 0 Å². The summed E-state index contributed by atoms with van der Waals surface area (Å²) < 4.78 is 0. The van der Waals surface area contributed by atoms with Crippen LogP contribution in [0.1, 0.15) is 34.0 Å². The van der Waals surface area contributed by atoms with E-state index in [9.17, 15) is 29.7 Å². The number of primary amides is 1. The molecule has 0 spiro atoms. The predicted octanol–water partition coefficient (Wildman–Crippen LogP) is 0.615. The number of aliphatic hydroxyl groups excluding tert-OH is 1. The zero-order valence-electron chi connectivity index (χ0n) is 19.9. The number of piperazine rings is 1. The summed E-state index contributed by atoms with van der Waals surface area (Å²) in [7, 11) is 0. The summed E-state index contributed by atoms with van der Waals surface area (Å²) in [4.78, 5) is 41.1. The van der Waals surface area contributed by atoms with E-state index in [-0.39, 0.29) is 17.7 Å². The molecular weight excluding hydrogens is 450 g/mol. The fraction of sp³-hybridized carbons (Fsp3) is 0.423. The van der Waals surface area contributed by atoms with Gasteiger partial charge in [0, 0.05) is 32.1 Å². The summed E-state index contributed by atoms with van der Waals surface area (Å²) in [6.45, 7) is 9.44. The van der Waals surface area contributed by atoms with Gasteiger partial charge in [-0.05, 0) is 43.4 Å². The van der Waals surface area contributed by atoms with Gasteiger partial charge in [0.25, 0.3) is 5.91 Å². The molecule has 0 saturated carbocycles. The van der Waals surface area contributed by atoms with Gasteiger partial charge in [-0.15, -0.1) is 0 Å². The minimum absolute atomic E-state index is 0.0407. The second kappa shape index (κ2) is 9.07. The number of phenolic OH excluding ortho intramolecular Hbond substituents is 1. The first kappa shape index (κ1) is 24.8. The Balaban J connectivity index is 1.89. The van der Waals surface area contributed by atoms with Crippen molar-refractivity contribution in [2.45, 2.75) is 38.3 Å². The number of allylic oxidation sites excluding steroid dienone is 3. The van der Waals surface area contributed by atoms with E-state index < -0.39 is 46.4 Å². The molecule has 3 atom stereocenters. The van der Waals surface area contributed by atoms with Crippen LogP contribution in [0.3, 0.4) is 0 Å². The number of hydrogen-bond donors (Lipinski definition) is 5. The minimum atomic E-state index is -2.56. The lowest BCUT2D eigenvalue weighted by Gasteiger charge is -2.49. The number of carbonyl (C=O) groups excluding carboxylic acids is 3. The van der Waals surface area contributed by atoms with Crippen molar-refractivity contribution in [3.8, 4) is 5.75 Å². The first-order chi connectivity index (χ1) is 16.5. The molecule has 1 fully saturated rings. The van der Waals surface area contributed by atoms with Crippen LogP contribution in [0.25, 0.3) is 0 Å². The molecule has 0 aromatic heterocycles. The number of phenols is 1. The Morgan fingerprint density at radius 3 is 2.57 bits per heavy atom. The highest BCUT2D eigenvalue weighted by molar-refractivity contribution is 6.24. The number of hydrogen-bond acceptors (Lipinski definition) is 8. The average molecular weight is 482 g/mol. The number of amides is 1. The van der Waals surface area contributed by atoms with Gasteiger partial charge in [-0.3, -0.25) is 19.3 Å². The lowest BCUT2D eigenvalue weighted by molar-refractivity contribution is -0.134. The van der Waals surface area contributed by atoms with Crippen LogP contribution in [0.5, 0.6) is 5.75 Å². The highest BCUT2D eigenvalue weighted by Gasteiger charge is 2.62. The smallest absolute Gasteiger partial charge is 0.255 e. The number of fused-ring (bicyclic) bond motifs is 2. The number of benzene rings is 1. The van der Waals surface area contributed by atoms with E-state index in [1.165, 1.54) is 0 Å². The van der Waals surface area contributed by atoms with Gasteiger partial charge in [0.2, 0.25) is 5.78 Å². The Bertz CT molecular complexity index is 1190. The Kier molecular flexibility index (Phi) is 6.44. The number of nitrogens with zero attached hydrogens (tertiary/aromatic N) is 1. The molecule has 0 radical (unpaired) electrons. The molecule has 0 bridgehead atoms. The number of nitrogens with two attached hydrogens (primary N) is 1. The van der Waals surface area contributed by atoms with Crippen molar-refractivity contribution < 1.29 is 29.7 Å². The first-order valence-corrected chi connectivity index (χ1v) is 11.7. The Morgan fingerprint density at radius 1 is 1.31 bits per heavy atom. The summed E-state index contributed by atoms with van der Waals surface area (Å²) in [6.07, 6.45) is 4.28. The first-order valence-electron chi connectivity index (χ1n) is 11.7. The number of carbonyl (C=O) groups is 3. The number of nitrogens with one attached hydrogen (secondary N) is 1. The zero-order chi connectivity index (χ0) is 25.7. The summed E-state index contributed by atoms with van der Waals surface area (Å²) in [5, 5.41) is 36.8. The molecule has 9 nitrogen and oxygen atoms in total. The number of aliphatic hydroxyl groups is 2. The van der Waals surface area contributed by atoms with E-state index in [1.54, 1.807) is 13.0 Å². The maximum atomic E-state index is 13.7. The number of rotatable bonds is 5. The summed E-state index contributed by atoms with van der Waals surface area (Å²) in [6, 6.07) is 0.765. The van der Waals surface area contributed by atoms with Gasteiger partial charge in [0.15, 0.2) is 11.4 Å². The van der Waals surface area contributed by atoms with Crippen LogP contribution in [-0.2, 0) is 22.4 Å². The average Bonchev–Trinajstić information content (AvgIpc) is 2.80. The Hall–Kier alpha value is -3.27. The van der Waals surface area contributed by atoms with Crippen molar-refractivity contribution in [1.29, 1.82) is 0 Å². The molecule has 3 aliphatic rings. The summed E-state index contributed by atoms with van der Waals surface area (Å²) >= 11 is 0. The van der Waals surface area contributed by atoms with E-state index in [0.29, 0.717) is 43.7 Å². The van der Waals surface area contributed by atoms with E-state index in [4.69, 9.17) is 5.73 Å². The third-order valence-corrected chi connectivity index (χ3v) is 7.32. The van der Waals surface area contributed by atoms with Crippen molar-refractivity contribution in [3.63, 3.8) is 0 Å². The van der Waals surface area contributed by atoms with Crippen LogP contribution in [0.15, 0.2) is 41.7 Å². The molecular formula is C26H31N3O6. The molecule has 2 aliphatic carbocycles. The lowest BCUT2D eigenvalue weighted by Crippen LogP contribution is -2.67. The largest absolute Gasteiger partial charge is 0.508 e. The van der Waals surface area contributed by atoms with Crippen LogP contribution in [0.4, 0.5) is 0 Å². The van der Waals surface area contributed by atoms with Gasteiger partial charge < -0.3 is 26.4 Å². The van der Waals surface area contributed by atoms with Crippen molar-refractivity contribution in [1.82, 2.24) is 10.2 Å². The van der Waals surface area contributed by atoms with Gasteiger partial charge in [-0.25, -0.2) is 0 Å². The Morgan fingerprint density at radius 2 is 1.97 bits per heavy atom. The number of aromatic hydroxyl groups is 1. The highest BCUT2D eigenvalue weighted by atomic mass is 16.3. The molecule has 9 heteroatoms. The molecule has 1 aromatic carbocycles. The van der Waals surface area contributed by atoms with Crippen molar-refractivity contribution in [2.75, 3.05) is 26.2 Å². The number of Topliss-reactive ketones (excluding diaryl/α,β-unsaturated/α-hetero) is 2. The fourth-order valence-electron chi connectivity index (χ4n) is 5.52. The fourth-order valence-corrected chi connectivity index (χ4v) is 5.52. The normalized spacial score (nSPS) is 27.2. The van der Waals surface area contributed by atoms with Crippen LogP contribution in [0.2, 0.25) is 0 Å². The predicted molar refractivity (Wildman–Crippen MR) is 129 cm³/mol. The summed E-state index contributed by atoms with van der Waals surface area (Å²) in [5.41, 5.74) is 4.58. The van der Waals surface area contributed by atoms with Crippen molar-refractivity contribution in [2.24, 2.45) is 11.7 Å². The molecule has 1 heterocycles. The second-order valence-corrected chi connectivity index (χ2v) is 9.59. The monoisotopic (exact) mass is 481 g/mol. The van der Waals surface area contributed by atoms with Crippen LogP contribution in [-0.4, -0.2) is 75.5 Å². The third-order valence-electron chi connectivity index (χ3n) is 7.32. The maximum absolute atomic E-state index is 13.7. The van der Waals surface area contributed by atoms with Crippen LogP contribution in [0, 0.1) is 12.8 Å².